The number of carbonyl (C=O) groups is 4. The van der Waals surface area contributed by atoms with Crippen LogP contribution in [0, 0.1) is 0 Å². The Hall–Kier alpha value is -2.28. The summed E-state index contributed by atoms with van der Waals surface area (Å²) >= 11 is 0. The summed E-state index contributed by atoms with van der Waals surface area (Å²) in [5.74, 6) is -1.91. The fraction of sp³-hybridized carbons (Fsp3) is 0.867. The summed E-state index contributed by atoms with van der Waals surface area (Å²) in [6.07, 6.45) is 1.30. The van der Waals surface area contributed by atoms with Crippen molar-refractivity contribution in [3.63, 3.8) is 0 Å². The zero-order valence-corrected chi connectivity index (χ0v) is 27.5. The van der Waals surface area contributed by atoms with E-state index in [-0.39, 0.29) is 44.1 Å². The van der Waals surface area contributed by atoms with Crippen molar-refractivity contribution in [1.82, 2.24) is 19.6 Å². The minimum Gasteiger partial charge on any atom is -0.480 e. The van der Waals surface area contributed by atoms with Gasteiger partial charge in [-0.3, -0.25) is 38.8 Å². The second kappa shape index (κ2) is 17.1. The molecule has 0 aromatic heterocycles. The third kappa shape index (κ3) is 19.8. The molecule has 244 valence electrons. The van der Waals surface area contributed by atoms with Crippen LogP contribution in [-0.2, 0) is 33.4 Å². The number of ether oxygens (including phenoxy) is 3. The van der Waals surface area contributed by atoms with Gasteiger partial charge in [0.2, 0.25) is 0 Å². The van der Waals surface area contributed by atoms with Gasteiger partial charge in [-0.2, -0.15) is 0 Å². The first-order valence-corrected chi connectivity index (χ1v) is 15.0. The summed E-state index contributed by atoms with van der Waals surface area (Å²) in [6, 6.07) is 0. The molecular weight excluding hydrogens is 544 g/mol. The predicted octanol–water partition coefficient (Wildman–Crippen LogP) is 2.10. The molecule has 0 aliphatic carbocycles. The molecule has 1 aliphatic heterocycles. The molecule has 0 aromatic rings. The van der Waals surface area contributed by atoms with Crippen LogP contribution in [0.3, 0.4) is 0 Å². The number of carboxylic acids is 1. The van der Waals surface area contributed by atoms with Gasteiger partial charge in [0.25, 0.3) is 0 Å². The second-order valence-electron chi connectivity index (χ2n) is 14.0. The van der Waals surface area contributed by atoms with E-state index >= 15 is 0 Å². The number of carboxylic acid groups (broad SMARTS) is 1. The summed E-state index contributed by atoms with van der Waals surface area (Å²) in [6.45, 7) is 20.8. The van der Waals surface area contributed by atoms with Gasteiger partial charge in [0.05, 0.1) is 26.2 Å². The molecule has 0 bridgehead atoms. The summed E-state index contributed by atoms with van der Waals surface area (Å²) in [5.41, 5.74) is -1.81. The van der Waals surface area contributed by atoms with E-state index in [0.29, 0.717) is 65.2 Å². The standard InChI is InChI=1S/C30H56N4O8/c1-28(2,3)40-25(37)21-32-14-11-15-34(23-27(39)42-30(7,8)9)19-18-33(22-26(38)41-29(4,5)6)13-10-12-31(16-17-32)20-24(35)36/h10-23H2,1-9H3,(H,35,36). The van der Waals surface area contributed by atoms with E-state index in [4.69, 9.17) is 14.2 Å². The van der Waals surface area contributed by atoms with Crippen LogP contribution < -0.4 is 0 Å². The fourth-order valence-corrected chi connectivity index (χ4v) is 4.54. The lowest BCUT2D eigenvalue weighted by atomic mass is 10.2. The van der Waals surface area contributed by atoms with Gasteiger partial charge in [-0.25, -0.2) is 0 Å². The van der Waals surface area contributed by atoms with Crippen molar-refractivity contribution in [2.45, 2.75) is 92.0 Å². The SMILES string of the molecule is CC(C)(C)OC(=O)CN1CCCN(CC(=O)OC(C)(C)C)CCN(CC(=O)OC(C)(C)C)CCCN(CC(=O)O)CC1. The molecular formula is C30H56N4O8. The zero-order chi connectivity index (χ0) is 32.1. The maximum Gasteiger partial charge on any atom is 0.320 e. The predicted molar refractivity (Wildman–Crippen MR) is 160 cm³/mol. The van der Waals surface area contributed by atoms with Crippen LogP contribution in [0.1, 0.15) is 75.2 Å². The monoisotopic (exact) mass is 600 g/mol. The summed E-state index contributed by atoms with van der Waals surface area (Å²) in [7, 11) is 0. The van der Waals surface area contributed by atoms with Gasteiger partial charge < -0.3 is 19.3 Å². The first-order valence-electron chi connectivity index (χ1n) is 15.0. The van der Waals surface area contributed by atoms with Gasteiger partial charge in [-0.1, -0.05) is 0 Å². The Morgan fingerprint density at radius 1 is 0.476 bits per heavy atom. The number of carbonyl (C=O) groups excluding carboxylic acids is 3. The first-order chi connectivity index (χ1) is 19.2. The van der Waals surface area contributed by atoms with E-state index in [2.05, 4.69) is 0 Å². The second-order valence-corrected chi connectivity index (χ2v) is 14.0. The highest BCUT2D eigenvalue weighted by atomic mass is 16.6. The van der Waals surface area contributed by atoms with Crippen molar-refractivity contribution in [3.05, 3.63) is 0 Å². The van der Waals surface area contributed by atoms with Crippen LogP contribution in [0.2, 0.25) is 0 Å². The molecule has 0 amide bonds. The van der Waals surface area contributed by atoms with Gasteiger partial charge in [-0.15, -0.1) is 0 Å². The van der Waals surface area contributed by atoms with Crippen molar-refractivity contribution in [2.75, 3.05) is 78.5 Å². The number of nitrogens with zero attached hydrogens (tertiary/aromatic N) is 4. The van der Waals surface area contributed by atoms with Crippen molar-refractivity contribution in [2.24, 2.45) is 0 Å². The minimum absolute atomic E-state index is 0.0912. The number of hydrogen-bond donors (Lipinski definition) is 1. The summed E-state index contributed by atoms with van der Waals surface area (Å²) in [5, 5.41) is 9.48. The number of esters is 3. The molecule has 1 aliphatic rings. The normalized spacial score (nSPS) is 18.6. The van der Waals surface area contributed by atoms with Gasteiger partial charge >= 0.3 is 23.9 Å². The average Bonchev–Trinajstić information content (AvgIpc) is 2.75. The Morgan fingerprint density at radius 2 is 0.714 bits per heavy atom. The maximum absolute atomic E-state index is 12.7. The van der Waals surface area contributed by atoms with E-state index in [9.17, 15) is 24.3 Å². The lowest BCUT2D eigenvalue weighted by molar-refractivity contribution is -0.158. The van der Waals surface area contributed by atoms with E-state index in [0.717, 1.165) is 0 Å². The van der Waals surface area contributed by atoms with Crippen molar-refractivity contribution < 1.29 is 38.5 Å². The summed E-state index contributed by atoms with van der Waals surface area (Å²) < 4.78 is 16.6. The maximum atomic E-state index is 12.7. The highest BCUT2D eigenvalue weighted by Crippen LogP contribution is 2.11. The van der Waals surface area contributed by atoms with Crippen LogP contribution in [0.4, 0.5) is 0 Å². The van der Waals surface area contributed by atoms with E-state index < -0.39 is 22.8 Å². The van der Waals surface area contributed by atoms with E-state index in [1.807, 2.05) is 81.9 Å². The van der Waals surface area contributed by atoms with E-state index in [1.54, 1.807) is 0 Å². The summed E-state index contributed by atoms with van der Waals surface area (Å²) in [4.78, 5) is 57.4. The molecule has 1 saturated heterocycles. The van der Waals surface area contributed by atoms with Crippen molar-refractivity contribution in [3.8, 4) is 0 Å². The third-order valence-electron chi connectivity index (χ3n) is 6.04. The minimum atomic E-state index is -0.918. The molecule has 0 atom stereocenters. The molecule has 42 heavy (non-hydrogen) atoms. The Morgan fingerprint density at radius 3 is 0.929 bits per heavy atom. The molecule has 0 aromatic carbocycles. The quantitative estimate of drug-likeness (QED) is 0.324. The zero-order valence-electron chi connectivity index (χ0n) is 27.5. The van der Waals surface area contributed by atoms with Crippen LogP contribution in [-0.4, -0.2) is 144 Å². The van der Waals surface area contributed by atoms with Gasteiger partial charge in [0.15, 0.2) is 0 Å². The highest BCUT2D eigenvalue weighted by molar-refractivity contribution is 5.73. The van der Waals surface area contributed by atoms with Crippen molar-refractivity contribution in [1.29, 1.82) is 0 Å². The topological polar surface area (TPSA) is 129 Å². The number of hydrogen-bond acceptors (Lipinski definition) is 11. The number of rotatable bonds is 8. The number of aliphatic carboxylic acids is 1. The van der Waals surface area contributed by atoms with Crippen LogP contribution in [0.5, 0.6) is 0 Å². The molecule has 12 nitrogen and oxygen atoms in total. The largest absolute Gasteiger partial charge is 0.480 e. The lowest BCUT2D eigenvalue weighted by Gasteiger charge is -2.32. The van der Waals surface area contributed by atoms with Gasteiger partial charge in [0.1, 0.15) is 16.8 Å². The Kier molecular flexibility index (Phi) is 15.4. The average molecular weight is 601 g/mol. The Labute approximate surface area is 252 Å². The third-order valence-corrected chi connectivity index (χ3v) is 6.04. The van der Waals surface area contributed by atoms with Gasteiger partial charge in [0, 0.05) is 52.4 Å². The molecule has 1 rings (SSSR count). The Balaban J connectivity index is 3.11. The Bertz CT molecular complexity index is 876. The van der Waals surface area contributed by atoms with E-state index in [1.165, 1.54) is 0 Å². The molecule has 1 N–H and O–H groups in total. The smallest absolute Gasteiger partial charge is 0.320 e. The fourth-order valence-electron chi connectivity index (χ4n) is 4.54. The van der Waals surface area contributed by atoms with Gasteiger partial charge in [-0.05, 0) is 75.2 Å². The van der Waals surface area contributed by atoms with Crippen molar-refractivity contribution >= 4 is 23.9 Å². The molecule has 0 radical (unpaired) electrons. The van der Waals surface area contributed by atoms with Crippen LogP contribution in [0.15, 0.2) is 0 Å². The molecule has 0 spiro atoms. The first kappa shape index (κ1) is 37.7. The lowest BCUT2D eigenvalue weighted by Crippen LogP contribution is -2.46. The highest BCUT2D eigenvalue weighted by Gasteiger charge is 2.24. The molecule has 1 heterocycles. The molecule has 12 heteroatoms. The molecule has 0 unspecified atom stereocenters. The van der Waals surface area contributed by atoms with Crippen LogP contribution >= 0.6 is 0 Å². The van der Waals surface area contributed by atoms with Crippen LogP contribution in [0.25, 0.3) is 0 Å². The molecule has 1 fully saturated rings. The molecule has 0 saturated carbocycles.